The highest BCUT2D eigenvalue weighted by Crippen LogP contribution is 2.45. The van der Waals surface area contributed by atoms with Gasteiger partial charge >= 0.3 is 5.97 Å². The molecule has 0 spiro atoms. The molecule has 4 atom stereocenters. The average Bonchev–Trinajstić information content (AvgIpc) is 2.72. The highest BCUT2D eigenvalue weighted by atomic mass is 16.5. The summed E-state index contributed by atoms with van der Waals surface area (Å²) in [6, 6.07) is 11.6. The third kappa shape index (κ3) is 2.82. The van der Waals surface area contributed by atoms with Gasteiger partial charge in [0.05, 0.1) is 7.11 Å². The van der Waals surface area contributed by atoms with E-state index in [0.717, 1.165) is 19.3 Å². The summed E-state index contributed by atoms with van der Waals surface area (Å²) in [4.78, 5) is 14.3. The molecule has 0 unspecified atom stereocenters. The fraction of sp³-hybridized carbons (Fsp3) is 0.526. The third-order valence-corrected chi connectivity index (χ3v) is 5.46. The van der Waals surface area contributed by atoms with Crippen LogP contribution >= 0.6 is 0 Å². The molecular formula is C19H25NO2. The Labute approximate surface area is 133 Å². The van der Waals surface area contributed by atoms with E-state index in [4.69, 9.17) is 4.74 Å². The lowest BCUT2D eigenvalue weighted by Gasteiger charge is -2.39. The fourth-order valence-electron chi connectivity index (χ4n) is 4.29. The van der Waals surface area contributed by atoms with Crippen LogP contribution in [0.4, 0.5) is 0 Å². The second-order valence-electron chi connectivity index (χ2n) is 6.75. The Morgan fingerprint density at radius 3 is 2.73 bits per heavy atom. The number of rotatable bonds is 3. The summed E-state index contributed by atoms with van der Waals surface area (Å²) in [6.07, 6.45) is 5.04. The predicted molar refractivity (Wildman–Crippen MR) is 87.5 cm³/mol. The molecule has 2 saturated heterocycles. The molecule has 2 heterocycles. The second kappa shape index (κ2) is 6.25. The van der Waals surface area contributed by atoms with Gasteiger partial charge in [-0.25, -0.2) is 4.79 Å². The molecule has 0 amide bonds. The minimum absolute atomic E-state index is 0.223. The van der Waals surface area contributed by atoms with E-state index in [1.807, 2.05) is 0 Å². The summed E-state index contributed by atoms with van der Waals surface area (Å²) in [6.45, 7) is 2.34. The highest BCUT2D eigenvalue weighted by Gasteiger charge is 2.45. The van der Waals surface area contributed by atoms with E-state index in [9.17, 15) is 4.79 Å². The van der Waals surface area contributed by atoms with Crippen molar-refractivity contribution in [2.24, 2.45) is 11.8 Å². The number of hydrogen-bond acceptors (Lipinski definition) is 3. The van der Waals surface area contributed by atoms with Gasteiger partial charge < -0.3 is 4.74 Å². The van der Waals surface area contributed by atoms with Crippen molar-refractivity contribution in [1.82, 2.24) is 4.90 Å². The van der Waals surface area contributed by atoms with Crippen molar-refractivity contribution in [2.45, 2.75) is 38.3 Å². The molecular weight excluding hydrogens is 274 g/mol. The van der Waals surface area contributed by atoms with Crippen LogP contribution in [-0.4, -0.2) is 37.1 Å². The molecule has 2 aliphatic heterocycles. The normalized spacial score (nSPS) is 33.1. The number of methoxy groups -OCH3 is 1. The van der Waals surface area contributed by atoms with Crippen molar-refractivity contribution < 1.29 is 9.53 Å². The number of hydrogen-bond donors (Lipinski definition) is 0. The fourth-order valence-corrected chi connectivity index (χ4v) is 4.29. The largest absolute Gasteiger partial charge is 0.466 e. The van der Waals surface area contributed by atoms with Gasteiger partial charge in [-0.3, -0.25) is 4.90 Å². The topological polar surface area (TPSA) is 29.5 Å². The van der Waals surface area contributed by atoms with E-state index < -0.39 is 0 Å². The second-order valence-corrected chi connectivity index (χ2v) is 6.75. The van der Waals surface area contributed by atoms with Crippen molar-refractivity contribution in [3.8, 4) is 0 Å². The Morgan fingerprint density at radius 1 is 1.32 bits per heavy atom. The van der Waals surface area contributed by atoms with E-state index in [2.05, 4.69) is 49.2 Å². The summed E-state index contributed by atoms with van der Waals surface area (Å²) in [5, 5.41) is 0. The molecule has 2 bridgehead atoms. The molecule has 1 aromatic carbocycles. The number of benzene rings is 1. The molecule has 0 radical (unpaired) electrons. The molecule has 1 aromatic rings. The van der Waals surface area contributed by atoms with Crippen LogP contribution in [0.25, 0.3) is 0 Å². The Balaban J connectivity index is 1.89. The number of piperidine rings is 1. The maximum absolute atomic E-state index is 11.8. The van der Waals surface area contributed by atoms with Crippen molar-refractivity contribution in [2.75, 3.05) is 14.2 Å². The molecule has 2 fully saturated rings. The van der Waals surface area contributed by atoms with Gasteiger partial charge in [0.15, 0.2) is 0 Å². The van der Waals surface area contributed by atoms with Crippen LogP contribution in [0.2, 0.25) is 0 Å². The molecule has 3 rings (SSSR count). The lowest BCUT2D eigenvalue weighted by atomic mass is 9.81. The van der Waals surface area contributed by atoms with E-state index in [1.54, 1.807) is 6.08 Å². The average molecular weight is 299 g/mol. The number of nitrogens with zero attached hydrogens (tertiary/aromatic N) is 1. The van der Waals surface area contributed by atoms with Crippen LogP contribution in [0.3, 0.4) is 0 Å². The van der Waals surface area contributed by atoms with Gasteiger partial charge in [0.25, 0.3) is 0 Å². The predicted octanol–water partition coefficient (Wildman–Crippen LogP) is 3.06. The van der Waals surface area contributed by atoms with Gasteiger partial charge in [-0.05, 0) is 49.3 Å². The van der Waals surface area contributed by atoms with Gasteiger partial charge in [0.1, 0.15) is 0 Å². The number of carbonyl (C=O) groups excluding carboxylic acids is 1. The van der Waals surface area contributed by atoms with Gasteiger partial charge in [-0.2, -0.15) is 0 Å². The van der Waals surface area contributed by atoms with Crippen LogP contribution in [0.5, 0.6) is 0 Å². The van der Waals surface area contributed by atoms with Crippen LogP contribution in [0.1, 0.15) is 25.3 Å². The molecule has 22 heavy (non-hydrogen) atoms. The van der Waals surface area contributed by atoms with E-state index in [0.29, 0.717) is 23.9 Å². The molecule has 0 N–H and O–H groups in total. The Bertz CT molecular complexity index is 566. The zero-order chi connectivity index (χ0) is 15.7. The smallest absolute Gasteiger partial charge is 0.330 e. The summed E-state index contributed by atoms with van der Waals surface area (Å²) < 4.78 is 4.89. The molecule has 0 saturated carbocycles. The summed E-state index contributed by atoms with van der Waals surface area (Å²) >= 11 is 0. The first kappa shape index (κ1) is 15.3. The van der Waals surface area contributed by atoms with Gasteiger partial charge in [-0.1, -0.05) is 37.3 Å². The number of fused-ring (bicyclic) bond motifs is 2. The minimum Gasteiger partial charge on any atom is -0.466 e. The Morgan fingerprint density at radius 2 is 2.05 bits per heavy atom. The number of likely N-dealkylation sites (N-methyl/N-ethyl adjacent to an activating group) is 1. The molecule has 3 heteroatoms. The van der Waals surface area contributed by atoms with Crippen molar-refractivity contribution in [3.05, 3.63) is 47.5 Å². The number of carbonyl (C=O) groups is 1. The molecule has 2 aliphatic rings. The van der Waals surface area contributed by atoms with E-state index in [1.165, 1.54) is 18.2 Å². The van der Waals surface area contributed by atoms with Crippen molar-refractivity contribution in [1.29, 1.82) is 0 Å². The van der Waals surface area contributed by atoms with E-state index in [-0.39, 0.29) is 5.97 Å². The summed E-state index contributed by atoms with van der Waals surface area (Å²) in [7, 11) is 3.65. The standard InChI is InChI=1S/C19H25NO2/c1-13-9-18-16(12-19(21)22-3)15(11-17(13)20(18)2)10-14-7-5-4-6-8-14/h4-8,12-13,15,17-18H,9-11H2,1-3H3/b16-12+/t13-,15+,17-,18-/m1/s1. The monoisotopic (exact) mass is 299 g/mol. The Kier molecular flexibility index (Phi) is 4.34. The molecule has 118 valence electrons. The van der Waals surface area contributed by atoms with Crippen LogP contribution in [0.15, 0.2) is 42.0 Å². The first-order chi connectivity index (χ1) is 10.6. The first-order valence-electron chi connectivity index (χ1n) is 8.15. The van der Waals surface area contributed by atoms with Crippen molar-refractivity contribution in [3.63, 3.8) is 0 Å². The third-order valence-electron chi connectivity index (χ3n) is 5.46. The summed E-state index contributed by atoms with van der Waals surface area (Å²) in [5.74, 6) is 0.911. The molecule has 0 aliphatic carbocycles. The SMILES string of the molecule is COC(=O)/C=C1\[C@@H](Cc2ccccc2)C[C@@H]2[C@H](C)C[C@H]1N2C. The van der Waals surface area contributed by atoms with Crippen LogP contribution in [0, 0.1) is 11.8 Å². The highest BCUT2D eigenvalue weighted by molar-refractivity contribution is 5.83. The molecule has 3 nitrogen and oxygen atoms in total. The zero-order valence-corrected chi connectivity index (χ0v) is 13.7. The van der Waals surface area contributed by atoms with Gasteiger partial charge in [0.2, 0.25) is 0 Å². The quantitative estimate of drug-likeness (QED) is 0.634. The lowest BCUT2D eigenvalue weighted by molar-refractivity contribution is -0.135. The lowest BCUT2D eigenvalue weighted by Crippen LogP contribution is -2.43. The van der Waals surface area contributed by atoms with E-state index >= 15 is 0 Å². The first-order valence-corrected chi connectivity index (χ1v) is 8.15. The maximum Gasteiger partial charge on any atom is 0.330 e. The van der Waals surface area contributed by atoms with Gasteiger partial charge in [-0.15, -0.1) is 0 Å². The number of esters is 1. The van der Waals surface area contributed by atoms with Crippen LogP contribution < -0.4 is 0 Å². The van der Waals surface area contributed by atoms with Gasteiger partial charge in [0, 0.05) is 18.2 Å². The molecule has 0 aromatic heterocycles. The van der Waals surface area contributed by atoms with Crippen molar-refractivity contribution >= 4 is 5.97 Å². The maximum atomic E-state index is 11.8. The zero-order valence-electron chi connectivity index (χ0n) is 13.7. The summed E-state index contributed by atoms with van der Waals surface area (Å²) in [5.41, 5.74) is 2.61. The Hall–Kier alpha value is -1.61. The minimum atomic E-state index is -0.223. The van der Waals surface area contributed by atoms with Crippen LogP contribution in [-0.2, 0) is 16.0 Å². The number of ether oxygens (including phenoxy) is 1.